The molecule has 0 aliphatic heterocycles. The molecule has 1 amide bonds. The van der Waals surface area contributed by atoms with Crippen molar-refractivity contribution in [3.8, 4) is 0 Å². The van der Waals surface area contributed by atoms with E-state index in [9.17, 15) is 9.59 Å². The molecular weight excluding hydrogens is 226 g/mol. The minimum Gasteiger partial charge on any atom is -0.409 e. The Kier molecular flexibility index (Phi) is 4.21. The third-order valence-electron chi connectivity index (χ3n) is 2.08. The van der Waals surface area contributed by atoms with Gasteiger partial charge in [-0.25, -0.2) is 5.10 Å². The number of aromatic nitrogens is 2. The Labute approximate surface area is 96.7 Å². The topological polar surface area (TPSA) is 125 Å². The van der Waals surface area contributed by atoms with Gasteiger partial charge in [-0.15, -0.1) is 0 Å². The number of oxime groups is 1. The van der Waals surface area contributed by atoms with Crippen LogP contribution in [-0.2, 0) is 0 Å². The summed E-state index contributed by atoms with van der Waals surface area (Å²) in [4.78, 5) is 23.9. The molecule has 0 fully saturated rings. The number of amidine groups is 1. The van der Waals surface area contributed by atoms with E-state index in [0.717, 1.165) is 0 Å². The number of nitrogens with two attached hydrogens (primary N) is 1. The molecule has 0 radical (unpaired) electrons. The van der Waals surface area contributed by atoms with Crippen LogP contribution in [0.4, 0.5) is 0 Å². The normalized spacial score (nSPS) is 11.2. The van der Waals surface area contributed by atoms with Gasteiger partial charge < -0.3 is 15.8 Å². The van der Waals surface area contributed by atoms with Crippen LogP contribution in [0, 0.1) is 0 Å². The molecule has 1 aromatic heterocycles. The second-order valence-corrected chi connectivity index (χ2v) is 3.37. The van der Waals surface area contributed by atoms with Crippen LogP contribution in [0.5, 0.6) is 0 Å². The maximum absolute atomic E-state index is 11.8. The maximum Gasteiger partial charge on any atom is 0.274 e. The Bertz CT molecular complexity index is 461. The van der Waals surface area contributed by atoms with Crippen molar-refractivity contribution >= 4 is 11.7 Å². The first-order chi connectivity index (χ1) is 8.04. The van der Waals surface area contributed by atoms with E-state index in [-0.39, 0.29) is 36.0 Å². The van der Waals surface area contributed by atoms with Gasteiger partial charge in [0.05, 0.1) is 0 Å². The van der Waals surface area contributed by atoms with E-state index in [4.69, 9.17) is 10.9 Å². The van der Waals surface area contributed by atoms with Gasteiger partial charge in [0.15, 0.2) is 0 Å². The second-order valence-electron chi connectivity index (χ2n) is 3.37. The van der Waals surface area contributed by atoms with Gasteiger partial charge in [0.2, 0.25) is 0 Å². The average molecular weight is 239 g/mol. The second kappa shape index (κ2) is 5.64. The first-order valence-electron chi connectivity index (χ1n) is 4.82. The van der Waals surface area contributed by atoms with Gasteiger partial charge in [-0.1, -0.05) is 5.16 Å². The molecule has 17 heavy (non-hydrogen) atoms. The summed E-state index contributed by atoms with van der Waals surface area (Å²) in [6, 6.07) is 2.55. The smallest absolute Gasteiger partial charge is 0.274 e. The van der Waals surface area contributed by atoms with Crippen molar-refractivity contribution in [1.82, 2.24) is 15.1 Å². The molecule has 4 N–H and O–H groups in total. The molecule has 0 aliphatic carbocycles. The monoisotopic (exact) mass is 239 g/mol. The molecule has 0 aliphatic rings. The quantitative estimate of drug-likeness (QED) is 0.268. The van der Waals surface area contributed by atoms with Crippen molar-refractivity contribution in [2.45, 2.75) is 6.42 Å². The number of carbonyl (C=O) groups excluding carboxylic acids is 1. The number of hydrogen-bond acceptors (Lipinski definition) is 5. The lowest BCUT2D eigenvalue weighted by atomic mass is 10.3. The standard InChI is InChI=1S/C9H13N5O3/c1-14(5-4-7(10)13-17)9(16)6-2-3-8(15)12-11-6/h2-3,17H,4-5H2,1H3,(H2,10,13)(H,12,15). The average Bonchev–Trinajstić information content (AvgIpc) is 2.35. The lowest BCUT2D eigenvalue weighted by molar-refractivity contribution is 0.0791. The molecule has 1 heterocycles. The number of rotatable bonds is 4. The van der Waals surface area contributed by atoms with Crippen LogP contribution in [0.25, 0.3) is 0 Å². The summed E-state index contributed by atoms with van der Waals surface area (Å²) in [6.07, 6.45) is 0.252. The summed E-state index contributed by atoms with van der Waals surface area (Å²) in [5, 5.41) is 16.9. The minimum absolute atomic E-state index is 0.0408. The summed E-state index contributed by atoms with van der Waals surface area (Å²) in [7, 11) is 1.56. The Morgan fingerprint density at radius 1 is 1.65 bits per heavy atom. The predicted molar refractivity (Wildman–Crippen MR) is 59.8 cm³/mol. The predicted octanol–water partition coefficient (Wildman–Crippen LogP) is -1.02. The van der Waals surface area contributed by atoms with Gasteiger partial charge in [0.1, 0.15) is 11.5 Å². The van der Waals surface area contributed by atoms with Gasteiger partial charge in [0.25, 0.3) is 11.5 Å². The fourth-order valence-electron chi connectivity index (χ4n) is 1.09. The Morgan fingerprint density at radius 3 is 2.88 bits per heavy atom. The van der Waals surface area contributed by atoms with E-state index in [1.807, 2.05) is 0 Å². The Hall–Kier alpha value is -2.38. The van der Waals surface area contributed by atoms with Crippen LogP contribution >= 0.6 is 0 Å². The van der Waals surface area contributed by atoms with E-state index in [2.05, 4.69) is 15.4 Å². The molecule has 0 atom stereocenters. The highest BCUT2D eigenvalue weighted by Crippen LogP contribution is 1.97. The van der Waals surface area contributed by atoms with Crippen molar-refractivity contribution in [3.05, 3.63) is 28.2 Å². The minimum atomic E-state index is -0.374. The summed E-state index contributed by atoms with van der Waals surface area (Å²) < 4.78 is 0. The summed E-state index contributed by atoms with van der Waals surface area (Å²) in [6.45, 7) is 0.287. The van der Waals surface area contributed by atoms with Crippen molar-refractivity contribution in [3.63, 3.8) is 0 Å². The van der Waals surface area contributed by atoms with Crippen molar-refractivity contribution < 1.29 is 10.0 Å². The van der Waals surface area contributed by atoms with Crippen LogP contribution in [0.15, 0.2) is 22.1 Å². The van der Waals surface area contributed by atoms with Crippen LogP contribution < -0.4 is 11.3 Å². The van der Waals surface area contributed by atoms with Crippen LogP contribution in [0.1, 0.15) is 16.9 Å². The van der Waals surface area contributed by atoms with E-state index in [1.165, 1.54) is 17.0 Å². The third kappa shape index (κ3) is 3.59. The lowest BCUT2D eigenvalue weighted by Crippen LogP contribution is -2.31. The Balaban J connectivity index is 2.63. The van der Waals surface area contributed by atoms with Crippen LogP contribution in [0.2, 0.25) is 0 Å². The fourth-order valence-corrected chi connectivity index (χ4v) is 1.09. The SMILES string of the molecule is CN(CC/C(N)=N/O)C(=O)c1ccc(=O)[nH]n1. The number of amides is 1. The van der Waals surface area contributed by atoms with Gasteiger partial charge >= 0.3 is 0 Å². The molecule has 1 aromatic rings. The zero-order chi connectivity index (χ0) is 12.8. The van der Waals surface area contributed by atoms with Crippen LogP contribution in [-0.4, -0.2) is 45.6 Å². The molecule has 92 valence electrons. The zero-order valence-electron chi connectivity index (χ0n) is 9.25. The number of nitrogens with zero attached hydrogens (tertiary/aromatic N) is 3. The molecule has 8 nitrogen and oxygen atoms in total. The van der Waals surface area contributed by atoms with Gasteiger partial charge in [-0.05, 0) is 6.07 Å². The number of H-pyrrole nitrogens is 1. The molecule has 0 saturated heterocycles. The summed E-state index contributed by atoms with van der Waals surface area (Å²) in [5.41, 5.74) is 5.04. The highest BCUT2D eigenvalue weighted by molar-refractivity contribution is 5.92. The Morgan fingerprint density at radius 2 is 2.35 bits per heavy atom. The highest BCUT2D eigenvalue weighted by Gasteiger charge is 2.13. The molecule has 0 spiro atoms. The van der Waals surface area contributed by atoms with Gasteiger partial charge in [-0.2, -0.15) is 5.10 Å². The first-order valence-corrected chi connectivity index (χ1v) is 4.82. The fraction of sp³-hybridized carbons (Fsp3) is 0.333. The summed E-state index contributed by atoms with van der Waals surface area (Å²) in [5.74, 6) is -0.314. The van der Waals surface area contributed by atoms with Crippen molar-refractivity contribution in [2.75, 3.05) is 13.6 Å². The molecule has 0 aromatic carbocycles. The first kappa shape index (κ1) is 12.7. The van der Waals surface area contributed by atoms with Gasteiger partial charge in [0, 0.05) is 26.1 Å². The number of aromatic amines is 1. The largest absolute Gasteiger partial charge is 0.409 e. The van der Waals surface area contributed by atoms with E-state index >= 15 is 0 Å². The number of hydrogen-bond donors (Lipinski definition) is 3. The van der Waals surface area contributed by atoms with E-state index < -0.39 is 0 Å². The van der Waals surface area contributed by atoms with E-state index in [0.29, 0.717) is 0 Å². The third-order valence-corrected chi connectivity index (χ3v) is 2.08. The van der Waals surface area contributed by atoms with Gasteiger partial charge in [-0.3, -0.25) is 9.59 Å². The van der Waals surface area contributed by atoms with Crippen LogP contribution in [0.3, 0.4) is 0 Å². The molecule has 0 saturated carbocycles. The summed E-state index contributed by atoms with van der Waals surface area (Å²) >= 11 is 0. The molecular formula is C9H13N5O3. The zero-order valence-corrected chi connectivity index (χ0v) is 9.25. The van der Waals surface area contributed by atoms with Crippen molar-refractivity contribution in [1.29, 1.82) is 0 Å². The maximum atomic E-state index is 11.8. The molecule has 0 bridgehead atoms. The van der Waals surface area contributed by atoms with E-state index in [1.54, 1.807) is 7.05 Å². The highest BCUT2D eigenvalue weighted by atomic mass is 16.4. The number of carbonyl (C=O) groups is 1. The molecule has 1 rings (SSSR count). The molecule has 8 heteroatoms. The molecule has 0 unspecified atom stereocenters. The van der Waals surface area contributed by atoms with Crippen molar-refractivity contribution in [2.24, 2.45) is 10.9 Å². The lowest BCUT2D eigenvalue weighted by Gasteiger charge is -2.15. The number of nitrogens with one attached hydrogen (secondary N) is 1.